The third-order valence-corrected chi connectivity index (χ3v) is 3.93. The van der Waals surface area contributed by atoms with Gasteiger partial charge in [0.15, 0.2) is 0 Å². The number of phenolic OH excluding ortho intramolecular Hbond substituents is 2. The van der Waals surface area contributed by atoms with Gasteiger partial charge in [-0.1, -0.05) is 18.2 Å². The summed E-state index contributed by atoms with van der Waals surface area (Å²) in [4.78, 5) is 26.9. The molecule has 25 heavy (non-hydrogen) atoms. The molecule has 0 fully saturated rings. The summed E-state index contributed by atoms with van der Waals surface area (Å²) >= 11 is 0. The van der Waals surface area contributed by atoms with E-state index in [0.717, 1.165) is 22.5 Å². The number of hydrogen-bond acceptors (Lipinski definition) is 4. The Balaban J connectivity index is 1.83. The van der Waals surface area contributed by atoms with Gasteiger partial charge in [0, 0.05) is 23.5 Å². The molecule has 3 aromatic rings. The summed E-state index contributed by atoms with van der Waals surface area (Å²) < 4.78 is 0. The number of benzene rings is 2. The van der Waals surface area contributed by atoms with Crippen molar-refractivity contribution in [1.29, 1.82) is 0 Å². The van der Waals surface area contributed by atoms with Crippen molar-refractivity contribution < 1.29 is 24.9 Å². The maximum atomic E-state index is 12.3. The number of aromatic nitrogens is 1. The number of aromatic hydroxyl groups is 2. The highest BCUT2D eigenvalue weighted by molar-refractivity contribution is 5.99. The van der Waals surface area contributed by atoms with Crippen molar-refractivity contribution in [3.8, 4) is 11.5 Å². The van der Waals surface area contributed by atoms with E-state index in [4.69, 9.17) is 0 Å². The molecular formula is C18H16N2O5. The quantitative estimate of drug-likeness (QED) is 0.455. The van der Waals surface area contributed by atoms with Crippen LogP contribution in [0.5, 0.6) is 11.5 Å². The lowest BCUT2D eigenvalue weighted by Crippen LogP contribution is -2.42. The normalized spacial score (nSPS) is 12.0. The fraction of sp³-hybridized carbons (Fsp3) is 0.111. The monoisotopic (exact) mass is 340 g/mol. The number of carbonyl (C=O) groups excluding carboxylic acids is 1. The SMILES string of the molecule is O=C(N[C@H](Cc1c[nH]c2ccccc12)C(=O)O)c1cc(O)ccc1O. The first-order valence-electron chi connectivity index (χ1n) is 7.56. The van der Waals surface area contributed by atoms with Crippen LogP contribution in [-0.2, 0) is 11.2 Å². The Kier molecular flexibility index (Phi) is 4.30. The first kappa shape index (κ1) is 16.4. The molecule has 1 heterocycles. The number of carboxylic acid groups (broad SMARTS) is 1. The number of nitrogens with one attached hydrogen (secondary N) is 2. The zero-order chi connectivity index (χ0) is 18.0. The van der Waals surface area contributed by atoms with Crippen LogP contribution in [0.15, 0.2) is 48.7 Å². The molecule has 1 atom stereocenters. The predicted octanol–water partition coefficient (Wildman–Crippen LogP) is 2.00. The van der Waals surface area contributed by atoms with Crippen LogP contribution in [-0.4, -0.2) is 38.2 Å². The molecule has 0 unspecified atom stereocenters. The average Bonchev–Trinajstić information content (AvgIpc) is 2.99. The van der Waals surface area contributed by atoms with Gasteiger partial charge in [-0.15, -0.1) is 0 Å². The zero-order valence-electron chi connectivity index (χ0n) is 13.1. The lowest BCUT2D eigenvalue weighted by Gasteiger charge is -2.15. The number of carboxylic acids is 1. The van der Waals surface area contributed by atoms with Crippen LogP contribution in [0.1, 0.15) is 15.9 Å². The third kappa shape index (κ3) is 3.40. The van der Waals surface area contributed by atoms with Crippen molar-refractivity contribution in [2.45, 2.75) is 12.5 Å². The smallest absolute Gasteiger partial charge is 0.326 e. The predicted molar refractivity (Wildman–Crippen MR) is 90.7 cm³/mol. The molecule has 1 aromatic heterocycles. The van der Waals surface area contributed by atoms with Crippen LogP contribution in [0, 0.1) is 0 Å². The van der Waals surface area contributed by atoms with E-state index in [-0.39, 0.29) is 23.5 Å². The van der Waals surface area contributed by atoms with Crippen LogP contribution in [0.25, 0.3) is 10.9 Å². The van der Waals surface area contributed by atoms with Gasteiger partial charge >= 0.3 is 5.97 Å². The molecule has 0 saturated heterocycles. The first-order valence-corrected chi connectivity index (χ1v) is 7.56. The van der Waals surface area contributed by atoms with E-state index in [1.54, 1.807) is 6.20 Å². The van der Waals surface area contributed by atoms with Crippen molar-refractivity contribution in [3.05, 3.63) is 59.8 Å². The number of phenols is 2. The highest BCUT2D eigenvalue weighted by Gasteiger charge is 2.24. The maximum Gasteiger partial charge on any atom is 0.326 e. The molecule has 7 heteroatoms. The van der Waals surface area contributed by atoms with Crippen LogP contribution in [0.4, 0.5) is 0 Å². The molecule has 0 aliphatic rings. The van der Waals surface area contributed by atoms with E-state index in [2.05, 4.69) is 10.3 Å². The van der Waals surface area contributed by atoms with Gasteiger partial charge < -0.3 is 25.6 Å². The lowest BCUT2D eigenvalue weighted by molar-refractivity contribution is -0.139. The number of amides is 1. The van der Waals surface area contributed by atoms with Gasteiger partial charge in [-0.05, 0) is 29.8 Å². The number of carbonyl (C=O) groups is 2. The van der Waals surface area contributed by atoms with Crippen molar-refractivity contribution in [2.75, 3.05) is 0 Å². The number of H-pyrrole nitrogens is 1. The van der Waals surface area contributed by atoms with Crippen LogP contribution in [0.3, 0.4) is 0 Å². The number of hydrogen-bond donors (Lipinski definition) is 5. The molecule has 0 bridgehead atoms. The molecule has 0 aliphatic heterocycles. The van der Waals surface area contributed by atoms with Crippen LogP contribution >= 0.6 is 0 Å². The Hall–Kier alpha value is -3.48. The molecule has 1 amide bonds. The Labute approximate surface area is 142 Å². The van der Waals surface area contributed by atoms with E-state index < -0.39 is 17.9 Å². The fourth-order valence-electron chi connectivity index (χ4n) is 2.66. The lowest BCUT2D eigenvalue weighted by atomic mass is 10.0. The van der Waals surface area contributed by atoms with Gasteiger partial charge in [0.2, 0.25) is 0 Å². The van der Waals surface area contributed by atoms with Crippen molar-refractivity contribution in [1.82, 2.24) is 10.3 Å². The summed E-state index contributed by atoms with van der Waals surface area (Å²) in [6, 6.07) is 9.74. The largest absolute Gasteiger partial charge is 0.508 e. The number of para-hydroxylation sites is 1. The minimum absolute atomic E-state index is 0.0741. The molecule has 0 saturated carbocycles. The van der Waals surface area contributed by atoms with Crippen molar-refractivity contribution >= 4 is 22.8 Å². The van der Waals surface area contributed by atoms with E-state index in [1.807, 2.05) is 24.3 Å². The molecule has 2 aromatic carbocycles. The molecule has 3 rings (SSSR count). The maximum absolute atomic E-state index is 12.3. The van der Waals surface area contributed by atoms with Crippen molar-refractivity contribution in [3.63, 3.8) is 0 Å². The average molecular weight is 340 g/mol. The van der Waals surface area contributed by atoms with E-state index in [9.17, 15) is 24.9 Å². The minimum atomic E-state index is -1.20. The highest BCUT2D eigenvalue weighted by Crippen LogP contribution is 2.23. The third-order valence-electron chi connectivity index (χ3n) is 3.93. The second-order valence-corrected chi connectivity index (χ2v) is 5.63. The standard InChI is InChI=1S/C18H16N2O5/c21-11-5-6-16(22)13(8-11)17(23)20-15(18(24)25)7-10-9-19-14-4-2-1-3-12(10)14/h1-6,8-9,15,19,21-22H,7H2,(H,20,23)(H,24,25)/t15-/m1/s1. The molecule has 128 valence electrons. The Morgan fingerprint density at radius 1 is 1.12 bits per heavy atom. The Bertz CT molecular complexity index is 948. The molecule has 0 spiro atoms. The molecule has 7 nitrogen and oxygen atoms in total. The number of aliphatic carboxylic acids is 1. The molecular weight excluding hydrogens is 324 g/mol. The van der Waals surface area contributed by atoms with Gasteiger partial charge in [-0.2, -0.15) is 0 Å². The fourth-order valence-corrected chi connectivity index (χ4v) is 2.66. The number of aromatic amines is 1. The minimum Gasteiger partial charge on any atom is -0.508 e. The second-order valence-electron chi connectivity index (χ2n) is 5.63. The van der Waals surface area contributed by atoms with Gasteiger partial charge in [0.25, 0.3) is 5.91 Å². The summed E-state index contributed by atoms with van der Waals surface area (Å²) in [5.41, 5.74) is 1.44. The molecule has 0 radical (unpaired) electrons. The summed E-state index contributed by atoms with van der Waals surface area (Å²) in [7, 11) is 0. The zero-order valence-corrected chi connectivity index (χ0v) is 13.1. The van der Waals surface area contributed by atoms with Gasteiger partial charge in [0.05, 0.1) is 5.56 Å². The Morgan fingerprint density at radius 2 is 1.88 bits per heavy atom. The summed E-state index contributed by atoms with van der Waals surface area (Å²) in [5, 5.41) is 31.9. The first-order chi connectivity index (χ1) is 12.0. The van der Waals surface area contributed by atoms with Gasteiger partial charge in [0.1, 0.15) is 17.5 Å². The molecule has 0 aliphatic carbocycles. The van der Waals surface area contributed by atoms with Gasteiger partial charge in [-0.3, -0.25) is 4.79 Å². The summed E-state index contributed by atoms with van der Waals surface area (Å²) in [6.07, 6.45) is 1.78. The highest BCUT2D eigenvalue weighted by atomic mass is 16.4. The summed E-state index contributed by atoms with van der Waals surface area (Å²) in [5.74, 6) is -2.52. The molecule has 5 N–H and O–H groups in total. The number of fused-ring (bicyclic) bond motifs is 1. The summed E-state index contributed by atoms with van der Waals surface area (Å²) in [6.45, 7) is 0. The second kappa shape index (κ2) is 6.56. The van der Waals surface area contributed by atoms with Crippen LogP contribution in [0.2, 0.25) is 0 Å². The van der Waals surface area contributed by atoms with Crippen LogP contribution < -0.4 is 5.32 Å². The van der Waals surface area contributed by atoms with Gasteiger partial charge in [-0.25, -0.2) is 4.79 Å². The van der Waals surface area contributed by atoms with E-state index in [1.165, 1.54) is 12.1 Å². The topological polar surface area (TPSA) is 123 Å². The Morgan fingerprint density at radius 3 is 2.64 bits per heavy atom. The van der Waals surface area contributed by atoms with Crippen molar-refractivity contribution in [2.24, 2.45) is 0 Å². The number of rotatable bonds is 5. The van der Waals surface area contributed by atoms with E-state index in [0.29, 0.717) is 0 Å². The van der Waals surface area contributed by atoms with E-state index >= 15 is 0 Å².